The van der Waals surface area contributed by atoms with Crippen molar-refractivity contribution in [2.24, 2.45) is 0 Å². The number of hydrogen-bond acceptors (Lipinski definition) is 4. The molecule has 0 bridgehead atoms. The first-order valence-electron chi connectivity index (χ1n) is 11.6. The van der Waals surface area contributed by atoms with Crippen LogP contribution >= 0.6 is 27.5 Å². The molecule has 1 aliphatic rings. The maximum atomic E-state index is 14.4. The van der Waals surface area contributed by atoms with E-state index < -0.39 is 17.4 Å². The van der Waals surface area contributed by atoms with Crippen molar-refractivity contribution in [2.45, 2.75) is 13.1 Å². The number of ether oxygens (including phenoxy) is 1. The predicted octanol–water partition coefficient (Wildman–Crippen LogP) is 5.11. The Balaban J connectivity index is 1.59. The smallest absolute Gasteiger partial charge is 0.333 e. The third-order valence-electron chi connectivity index (χ3n) is 6.30. The number of nitrogens with zero attached hydrogens (tertiary/aromatic N) is 3. The number of para-hydroxylation sites is 1. The van der Waals surface area contributed by atoms with Gasteiger partial charge in [0.05, 0.1) is 35.7 Å². The number of carbonyl (C=O) groups excluding carboxylic acids is 2. The lowest BCUT2D eigenvalue weighted by molar-refractivity contribution is 0.0707. The van der Waals surface area contributed by atoms with Crippen molar-refractivity contribution in [3.8, 4) is 11.4 Å². The molecule has 0 fully saturated rings. The van der Waals surface area contributed by atoms with Crippen molar-refractivity contribution < 1.29 is 18.7 Å². The van der Waals surface area contributed by atoms with Gasteiger partial charge in [-0.15, -0.1) is 0 Å². The summed E-state index contributed by atoms with van der Waals surface area (Å²) in [6, 6.07) is 17.3. The van der Waals surface area contributed by atoms with Crippen LogP contribution in [-0.2, 0) is 13.1 Å². The van der Waals surface area contributed by atoms with Crippen molar-refractivity contribution in [1.82, 2.24) is 14.0 Å². The first-order valence-corrected chi connectivity index (χ1v) is 12.7. The molecule has 0 spiro atoms. The number of methoxy groups -OCH3 is 1. The van der Waals surface area contributed by atoms with Gasteiger partial charge in [0.25, 0.3) is 11.8 Å². The van der Waals surface area contributed by atoms with Crippen LogP contribution in [0.1, 0.15) is 26.5 Å². The molecule has 194 valence electrons. The highest BCUT2D eigenvalue weighted by atomic mass is 79.9. The van der Waals surface area contributed by atoms with E-state index >= 15 is 0 Å². The van der Waals surface area contributed by atoms with Gasteiger partial charge < -0.3 is 15.0 Å². The number of aromatic nitrogens is 2. The maximum absolute atomic E-state index is 14.4. The van der Waals surface area contributed by atoms with Crippen molar-refractivity contribution >= 4 is 45.0 Å². The summed E-state index contributed by atoms with van der Waals surface area (Å²) in [5.41, 5.74) is 0.675. The third kappa shape index (κ3) is 4.72. The van der Waals surface area contributed by atoms with Gasteiger partial charge in [-0.25, -0.2) is 9.18 Å². The molecule has 0 radical (unpaired) electrons. The third-order valence-corrected chi connectivity index (χ3v) is 7.53. The zero-order chi connectivity index (χ0) is 27.0. The Hall–Kier alpha value is -3.89. The normalized spacial score (nSPS) is 12.7. The first-order chi connectivity index (χ1) is 18.3. The Kier molecular flexibility index (Phi) is 7.09. The summed E-state index contributed by atoms with van der Waals surface area (Å²) in [6.07, 6.45) is 0. The summed E-state index contributed by atoms with van der Waals surface area (Å²) in [7, 11) is 1.52. The largest absolute Gasteiger partial charge is 0.497 e. The minimum absolute atomic E-state index is 0.00899. The summed E-state index contributed by atoms with van der Waals surface area (Å²) in [5, 5.41) is 2.96. The quantitative estimate of drug-likeness (QED) is 0.346. The van der Waals surface area contributed by atoms with Crippen LogP contribution in [0.15, 0.2) is 76.0 Å². The van der Waals surface area contributed by atoms with Crippen LogP contribution in [0.5, 0.6) is 5.75 Å². The summed E-state index contributed by atoms with van der Waals surface area (Å²) < 4.78 is 23.0. The van der Waals surface area contributed by atoms with E-state index in [1.165, 1.54) is 34.4 Å². The fourth-order valence-corrected chi connectivity index (χ4v) is 4.82. The lowest BCUT2D eigenvalue weighted by Crippen LogP contribution is -2.41. The standard InChI is InChI=1S/C27H21BrClFN4O4/c1-38-18-9-7-17(8-10-18)34-24(25(35)31-22-5-3-2-4-21(22)30)23-15-32(12-13-33(23)27(34)37)26(36)16-6-11-19(28)20(29)14-16/h2-11,14H,12-13,15H2,1H3,(H,31,35). The lowest BCUT2D eigenvalue weighted by atomic mass is 10.1. The number of amides is 2. The van der Waals surface area contributed by atoms with Crippen molar-refractivity contribution in [1.29, 1.82) is 0 Å². The predicted molar refractivity (Wildman–Crippen MR) is 145 cm³/mol. The molecule has 8 nitrogen and oxygen atoms in total. The van der Waals surface area contributed by atoms with Gasteiger partial charge in [-0.3, -0.25) is 18.7 Å². The van der Waals surface area contributed by atoms with Crippen molar-refractivity contribution in [3.63, 3.8) is 0 Å². The Morgan fingerprint density at radius 3 is 2.47 bits per heavy atom. The molecule has 1 aliphatic heterocycles. The highest BCUT2D eigenvalue weighted by molar-refractivity contribution is 9.10. The van der Waals surface area contributed by atoms with E-state index in [0.29, 0.717) is 32.2 Å². The van der Waals surface area contributed by atoms with Crippen LogP contribution in [0.2, 0.25) is 5.02 Å². The van der Waals surface area contributed by atoms with Crippen LogP contribution < -0.4 is 15.7 Å². The van der Waals surface area contributed by atoms with E-state index in [1.807, 2.05) is 0 Å². The minimum Gasteiger partial charge on any atom is -0.497 e. The number of hydrogen-bond donors (Lipinski definition) is 1. The zero-order valence-electron chi connectivity index (χ0n) is 20.1. The Labute approximate surface area is 230 Å². The number of benzene rings is 3. The molecule has 0 saturated heterocycles. The second-order valence-electron chi connectivity index (χ2n) is 8.55. The van der Waals surface area contributed by atoms with Gasteiger partial charge >= 0.3 is 5.69 Å². The number of imidazole rings is 1. The van der Waals surface area contributed by atoms with Gasteiger partial charge in [0.1, 0.15) is 17.3 Å². The van der Waals surface area contributed by atoms with E-state index in [1.54, 1.807) is 53.4 Å². The Morgan fingerprint density at radius 1 is 1.05 bits per heavy atom. The van der Waals surface area contributed by atoms with Gasteiger partial charge in [0.2, 0.25) is 0 Å². The Bertz CT molecular complexity index is 1620. The molecule has 38 heavy (non-hydrogen) atoms. The highest BCUT2D eigenvalue weighted by Gasteiger charge is 2.32. The van der Waals surface area contributed by atoms with Crippen molar-refractivity contribution in [2.75, 3.05) is 19.0 Å². The number of carbonyl (C=O) groups is 2. The molecule has 0 unspecified atom stereocenters. The molecule has 4 aromatic rings. The fourth-order valence-electron chi connectivity index (χ4n) is 4.39. The topological polar surface area (TPSA) is 85.6 Å². The molecule has 2 heterocycles. The molecule has 0 atom stereocenters. The van der Waals surface area contributed by atoms with E-state index in [0.717, 1.165) is 0 Å². The second kappa shape index (κ2) is 10.5. The monoisotopic (exact) mass is 598 g/mol. The maximum Gasteiger partial charge on any atom is 0.333 e. The molecule has 3 aromatic carbocycles. The summed E-state index contributed by atoms with van der Waals surface area (Å²) in [6.45, 7) is 0.415. The van der Waals surface area contributed by atoms with E-state index in [9.17, 15) is 18.8 Å². The average Bonchev–Trinajstić information content (AvgIpc) is 3.22. The van der Waals surface area contributed by atoms with Crippen LogP contribution in [0.3, 0.4) is 0 Å². The highest BCUT2D eigenvalue weighted by Crippen LogP contribution is 2.27. The van der Waals surface area contributed by atoms with E-state index in [4.69, 9.17) is 16.3 Å². The van der Waals surface area contributed by atoms with Crippen molar-refractivity contribution in [3.05, 3.63) is 109 Å². The minimum atomic E-state index is -0.683. The average molecular weight is 600 g/mol. The summed E-state index contributed by atoms with van der Waals surface area (Å²) >= 11 is 9.51. The Morgan fingerprint density at radius 2 is 1.79 bits per heavy atom. The van der Waals surface area contributed by atoms with Gasteiger partial charge in [0, 0.05) is 23.1 Å². The van der Waals surface area contributed by atoms with E-state index in [2.05, 4.69) is 21.2 Å². The number of anilines is 1. The molecule has 2 amide bonds. The molecule has 5 rings (SSSR count). The molecule has 1 aromatic heterocycles. The zero-order valence-corrected chi connectivity index (χ0v) is 22.4. The summed E-state index contributed by atoms with van der Waals surface area (Å²) in [5.74, 6) is -1.02. The number of nitrogens with one attached hydrogen (secondary N) is 1. The molecular formula is C27H21BrClFN4O4. The van der Waals surface area contributed by atoms with Crippen LogP contribution in [-0.4, -0.2) is 39.5 Å². The van der Waals surface area contributed by atoms with Gasteiger partial charge in [-0.2, -0.15) is 0 Å². The fraction of sp³-hybridized carbons (Fsp3) is 0.148. The van der Waals surface area contributed by atoms with Gasteiger partial charge in [-0.05, 0) is 70.5 Å². The first kappa shape index (κ1) is 25.7. The van der Waals surface area contributed by atoms with Crippen LogP contribution in [0.4, 0.5) is 10.1 Å². The van der Waals surface area contributed by atoms with Gasteiger partial charge in [0.15, 0.2) is 0 Å². The molecule has 1 N–H and O–H groups in total. The molecule has 11 heteroatoms. The van der Waals surface area contributed by atoms with Gasteiger partial charge in [-0.1, -0.05) is 23.7 Å². The molecule has 0 saturated carbocycles. The van der Waals surface area contributed by atoms with Crippen LogP contribution in [0.25, 0.3) is 5.69 Å². The lowest BCUT2D eigenvalue weighted by Gasteiger charge is -2.28. The SMILES string of the molecule is COc1ccc(-n2c(C(=O)Nc3ccccc3F)c3n(c2=O)CCN(C(=O)c2ccc(Br)c(Cl)c2)C3)cc1. The second-order valence-corrected chi connectivity index (χ2v) is 9.81. The number of fused-ring (bicyclic) bond motifs is 1. The summed E-state index contributed by atoms with van der Waals surface area (Å²) in [4.78, 5) is 42.0. The number of halogens is 3. The molecular weight excluding hydrogens is 579 g/mol. The number of rotatable bonds is 5. The molecule has 0 aliphatic carbocycles. The van der Waals surface area contributed by atoms with E-state index in [-0.39, 0.29) is 36.9 Å². The van der Waals surface area contributed by atoms with Crippen LogP contribution in [0, 0.1) is 5.82 Å².